The molecule has 1 saturated heterocycles. The van der Waals surface area contributed by atoms with Gasteiger partial charge in [-0.3, -0.25) is 14.4 Å². The van der Waals surface area contributed by atoms with E-state index in [4.69, 9.17) is 5.73 Å². The largest absolute Gasteiger partial charge is 0.370 e. The number of amides is 3. The average molecular weight is 329 g/mol. The zero-order valence-corrected chi connectivity index (χ0v) is 13.8. The van der Waals surface area contributed by atoms with E-state index >= 15 is 0 Å². The van der Waals surface area contributed by atoms with Crippen LogP contribution in [0.5, 0.6) is 0 Å². The summed E-state index contributed by atoms with van der Waals surface area (Å²) in [6.07, 6.45) is 5.40. The number of piperidine rings is 1. The number of hydrogen-bond acceptors (Lipinski definition) is 3. The zero-order chi connectivity index (χ0) is 17.5. The minimum atomic E-state index is -0.318. The predicted octanol–water partition coefficient (Wildman–Crippen LogP) is 1.17. The third kappa shape index (κ3) is 4.94. The fourth-order valence-electron chi connectivity index (χ4n) is 2.88. The number of carbonyl (C=O) groups excluding carboxylic acids is 3. The summed E-state index contributed by atoms with van der Waals surface area (Å²) in [5.41, 5.74) is 6.66. The second-order valence-electron chi connectivity index (χ2n) is 6.00. The third-order valence-corrected chi connectivity index (χ3v) is 4.14. The SMILES string of the molecule is CNC(=O)c1ccc(C=CC(=O)N2CCCC(CC(N)=O)C2)cc1. The van der Waals surface area contributed by atoms with E-state index in [0.29, 0.717) is 25.1 Å². The molecule has 1 aliphatic rings. The van der Waals surface area contributed by atoms with E-state index in [9.17, 15) is 14.4 Å². The topological polar surface area (TPSA) is 92.5 Å². The molecule has 3 N–H and O–H groups in total. The molecule has 0 spiro atoms. The van der Waals surface area contributed by atoms with E-state index < -0.39 is 0 Å². The fraction of sp³-hybridized carbons (Fsp3) is 0.389. The molecule has 6 heteroatoms. The van der Waals surface area contributed by atoms with Crippen LogP contribution in [-0.2, 0) is 9.59 Å². The van der Waals surface area contributed by atoms with Crippen LogP contribution in [0.15, 0.2) is 30.3 Å². The second-order valence-corrected chi connectivity index (χ2v) is 6.00. The number of nitrogens with zero attached hydrogens (tertiary/aromatic N) is 1. The first-order chi connectivity index (χ1) is 11.5. The Labute approximate surface area is 141 Å². The highest BCUT2D eigenvalue weighted by atomic mass is 16.2. The number of benzene rings is 1. The molecule has 1 heterocycles. The Morgan fingerprint density at radius 2 is 2.00 bits per heavy atom. The normalized spacial score (nSPS) is 17.7. The van der Waals surface area contributed by atoms with Crippen LogP contribution in [0.3, 0.4) is 0 Å². The van der Waals surface area contributed by atoms with Gasteiger partial charge in [0.25, 0.3) is 5.91 Å². The molecule has 0 radical (unpaired) electrons. The standard InChI is InChI=1S/C18H23N3O3/c1-20-18(24)15-7-4-13(5-8-15)6-9-17(23)21-10-2-3-14(12-21)11-16(19)22/h4-9,14H,2-3,10-12H2,1H3,(H2,19,22)(H,20,24). The first-order valence-corrected chi connectivity index (χ1v) is 8.07. The lowest BCUT2D eigenvalue weighted by molar-refractivity contribution is -0.129. The summed E-state index contributed by atoms with van der Waals surface area (Å²) < 4.78 is 0. The maximum atomic E-state index is 12.3. The van der Waals surface area contributed by atoms with E-state index in [-0.39, 0.29) is 23.6 Å². The van der Waals surface area contributed by atoms with Crippen molar-refractivity contribution in [2.75, 3.05) is 20.1 Å². The summed E-state index contributed by atoms with van der Waals surface area (Å²) >= 11 is 0. The Bertz CT molecular complexity index is 637. The maximum absolute atomic E-state index is 12.3. The van der Waals surface area contributed by atoms with Crippen molar-refractivity contribution in [1.82, 2.24) is 10.2 Å². The van der Waals surface area contributed by atoms with Gasteiger partial charge in [-0.25, -0.2) is 0 Å². The van der Waals surface area contributed by atoms with Gasteiger partial charge in [-0.2, -0.15) is 0 Å². The van der Waals surface area contributed by atoms with E-state index in [1.54, 1.807) is 42.3 Å². The van der Waals surface area contributed by atoms with Crippen LogP contribution in [0.4, 0.5) is 0 Å². The van der Waals surface area contributed by atoms with Crippen molar-refractivity contribution in [2.45, 2.75) is 19.3 Å². The second kappa shape index (κ2) is 8.29. The Morgan fingerprint density at radius 3 is 2.62 bits per heavy atom. The highest BCUT2D eigenvalue weighted by Gasteiger charge is 2.23. The van der Waals surface area contributed by atoms with Gasteiger partial charge in [0.1, 0.15) is 0 Å². The monoisotopic (exact) mass is 329 g/mol. The van der Waals surface area contributed by atoms with Crippen molar-refractivity contribution in [3.8, 4) is 0 Å². The van der Waals surface area contributed by atoms with Crippen molar-refractivity contribution < 1.29 is 14.4 Å². The molecular weight excluding hydrogens is 306 g/mol. The number of nitrogens with one attached hydrogen (secondary N) is 1. The molecule has 1 unspecified atom stereocenters. The number of carbonyl (C=O) groups is 3. The van der Waals surface area contributed by atoms with E-state index in [1.807, 2.05) is 0 Å². The summed E-state index contributed by atoms with van der Waals surface area (Å²) in [7, 11) is 1.58. The van der Waals surface area contributed by atoms with Gasteiger partial charge in [0.05, 0.1) is 0 Å². The van der Waals surface area contributed by atoms with Gasteiger partial charge in [0.15, 0.2) is 0 Å². The van der Waals surface area contributed by atoms with Gasteiger partial charge in [0.2, 0.25) is 11.8 Å². The Balaban J connectivity index is 1.94. The molecule has 0 bridgehead atoms. The number of likely N-dealkylation sites (tertiary alicyclic amines) is 1. The van der Waals surface area contributed by atoms with Crippen molar-refractivity contribution >= 4 is 23.8 Å². The lowest BCUT2D eigenvalue weighted by Gasteiger charge is -2.31. The van der Waals surface area contributed by atoms with Gasteiger partial charge in [0, 0.05) is 38.2 Å². The smallest absolute Gasteiger partial charge is 0.251 e. The Kier molecular flexibility index (Phi) is 6.12. The van der Waals surface area contributed by atoms with Gasteiger partial charge in [-0.05, 0) is 42.5 Å². The molecule has 1 fully saturated rings. The van der Waals surface area contributed by atoms with Gasteiger partial charge in [-0.15, -0.1) is 0 Å². The lowest BCUT2D eigenvalue weighted by Crippen LogP contribution is -2.40. The number of primary amides is 1. The molecule has 0 aromatic heterocycles. The van der Waals surface area contributed by atoms with Crippen LogP contribution in [-0.4, -0.2) is 42.8 Å². The molecule has 0 saturated carbocycles. The van der Waals surface area contributed by atoms with E-state index in [0.717, 1.165) is 18.4 Å². The molecule has 1 atom stereocenters. The van der Waals surface area contributed by atoms with Gasteiger partial charge < -0.3 is 16.0 Å². The zero-order valence-electron chi connectivity index (χ0n) is 13.8. The number of nitrogens with two attached hydrogens (primary N) is 1. The number of rotatable bonds is 5. The average Bonchev–Trinajstić information content (AvgIpc) is 2.59. The first kappa shape index (κ1) is 17.7. The summed E-state index contributed by atoms with van der Waals surface area (Å²) in [6.45, 7) is 1.27. The maximum Gasteiger partial charge on any atom is 0.251 e. The first-order valence-electron chi connectivity index (χ1n) is 8.07. The predicted molar refractivity (Wildman–Crippen MR) is 92.0 cm³/mol. The highest BCUT2D eigenvalue weighted by Crippen LogP contribution is 2.19. The van der Waals surface area contributed by atoms with Crippen LogP contribution in [0.25, 0.3) is 6.08 Å². The quantitative estimate of drug-likeness (QED) is 0.794. The van der Waals surface area contributed by atoms with Crippen molar-refractivity contribution in [2.24, 2.45) is 11.7 Å². The van der Waals surface area contributed by atoms with Crippen molar-refractivity contribution in [3.05, 3.63) is 41.5 Å². The molecule has 6 nitrogen and oxygen atoms in total. The summed E-state index contributed by atoms with van der Waals surface area (Å²) in [5.74, 6) is -0.378. The molecule has 1 aromatic rings. The molecule has 24 heavy (non-hydrogen) atoms. The Morgan fingerprint density at radius 1 is 1.29 bits per heavy atom. The molecule has 1 aromatic carbocycles. The molecule has 3 amide bonds. The minimum Gasteiger partial charge on any atom is -0.370 e. The van der Waals surface area contributed by atoms with Crippen molar-refractivity contribution in [1.29, 1.82) is 0 Å². The van der Waals surface area contributed by atoms with Crippen molar-refractivity contribution in [3.63, 3.8) is 0 Å². The lowest BCUT2D eigenvalue weighted by atomic mass is 9.94. The summed E-state index contributed by atoms with van der Waals surface area (Å²) in [4.78, 5) is 36.5. The minimum absolute atomic E-state index is 0.0699. The Hall–Kier alpha value is -2.63. The molecular formula is C18H23N3O3. The van der Waals surface area contributed by atoms with Crippen LogP contribution < -0.4 is 11.1 Å². The van der Waals surface area contributed by atoms with Gasteiger partial charge in [-0.1, -0.05) is 12.1 Å². The summed E-state index contributed by atoms with van der Waals surface area (Å²) in [6, 6.07) is 7.01. The van der Waals surface area contributed by atoms with E-state index in [2.05, 4.69) is 5.32 Å². The van der Waals surface area contributed by atoms with E-state index in [1.165, 1.54) is 6.08 Å². The van der Waals surface area contributed by atoms with Crippen LogP contribution in [0.1, 0.15) is 35.2 Å². The number of hydrogen-bond donors (Lipinski definition) is 2. The van der Waals surface area contributed by atoms with Crippen LogP contribution >= 0.6 is 0 Å². The van der Waals surface area contributed by atoms with Crippen LogP contribution in [0.2, 0.25) is 0 Å². The summed E-state index contributed by atoms with van der Waals surface area (Å²) in [5, 5.41) is 2.56. The van der Waals surface area contributed by atoms with Crippen LogP contribution in [0, 0.1) is 5.92 Å². The highest BCUT2D eigenvalue weighted by molar-refractivity contribution is 5.94. The molecule has 1 aliphatic heterocycles. The van der Waals surface area contributed by atoms with Gasteiger partial charge >= 0.3 is 0 Å². The molecule has 2 rings (SSSR count). The fourth-order valence-corrected chi connectivity index (χ4v) is 2.88. The third-order valence-electron chi connectivity index (χ3n) is 4.14. The molecule has 128 valence electrons. The molecule has 0 aliphatic carbocycles.